The fourth-order valence-electron chi connectivity index (χ4n) is 1.18. The van der Waals surface area contributed by atoms with E-state index in [2.05, 4.69) is 4.99 Å². The number of carbonyl (C=O) groups excluding carboxylic acids is 2. The zero-order chi connectivity index (χ0) is 14.3. The molecule has 0 bridgehead atoms. The molecule has 1 N–H and O–H groups in total. The largest absolute Gasteiger partial charge is 0.480 e. The van der Waals surface area contributed by atoms with Crippen LogP contribution in [0.15, 0.2) is 4.99 Å². The quantitative estimate of drug-likeness (QED) is 0.587. The second-order valence-corrected chi connectivity index (χ2v) is 4.71. The first-order valence-electron chi connectivity index (χ1n) is 5.41. The zero-order valence-corrected chi connectivity index (χ0v) is 11.0. The number of amides is 1. The molecule has 1 atom stereocenters. The van der Waals surface area contributed by atoms with Gasteiger partial charge in [0.25, 0.3) is 0 Å². The highest BCUT2D eigenvalue weighted by atomic mass is 16.6. The lowest BCUT2D eigenvalue weighted by Crippen LogP contribution is -2.45. The Hall–Kier alpha value is -1.88. The van der Waals surface area contributed by atoms with Gasteiger partial charge >= 0.3 is 12.1 Å². The Balaban J connectivity index is 4.65. The summed E-state index contributed by atoms with van der Waals surface area (Å²) in [5.41, 5.74) is -0.699. The molecule has 0 rings (SSSR count). The number of carbonyl (C=O) groups is 2. The van der Waals surface area contributed by atoms with Crippen LogP contribution in [-0.4, -0.2) is 53.4 Å². The fourth-order valence-corrected chi connectivity index (χ4v) is 1.18. The van der Waals surface area contributed by atoms with Crippen molar-refractivity contribution in [1.82, 2.24) is 4.90 Å². The lowest BCUT2D eigenvalue weighted by atomic mass is 10.2. The Labute approximate surface area is 105 Å². The monoisotopic (exact) mass is 258 g/mol. The van der Waals surface area contributed by atoms with E-state index in [1.54, 1.807) is 20.8 Å². The minimum absolute atomic E-state index is 0.00634. The van der Waals surface area contributed by atoms with Gasteiger partial charge in [-0.15, -0.1) is 0 Å². The van der Waals surface area contributed by atoms with Gasteiger partial charge in [0.1, 0.15) is 11.6 Å². The first-order chi connectivity index (χ1) is 8.19. The van der Waals surface area contributed by atoms with E-state index < -0.39 is 23.7 Å². The van der Waals surface area contributed by atoms with Gasteiger partial charge in [-0.3, -0.25) is 4.90 Å². The van der Waals surface area contributed by atoms with Gasteiger partial charge in [-0.25, -0.2) is 19.4 Å². The molecule has 0 saturated carbocycles. The highest BCUT2D eigenvalue weighted by Gasteiger charge is 2.29. The topological polar surface area (TPSA) is 96.3 Å². The third kappa shape index (κ3) is 6.00. The summed E-state index contributed by atoms with van der Waals surface area (Å²) in [5.74, 6) is -1.18. The summed E-state index contributed by atoms with van der Waals surface area (Å²) in [5, 5.41) is 9.00. The zero-order valence-electron chi connectivity index (χ0n) is 11.0. The van der Waals surface area contributed by atoms with Crippen LogP contribution in [0.1, 0.15) is 27.2 Å². The fraction of sp³-hybridized carbons (Fsp3) is 0.727. The molecular weight excluding hydrogens is 240 g/mol. The highest BCUT2D eigenvalue weighted by molar-refractivity contribution is 5.80. The van der Waals surface area contributed by atoms with Gasteiger partial charge in [-0.1, -0.05) is 0 Å². The molecule has 0 saturated heterocycles. The first kappa shape index (κ1) is 16.1. The average Bonchev–Trinajstić information content (AvgIpc) is 2.20. The summed E-state index contributed by atoms with van der Waals surface area (Å²) in [6.45, 7) is 5.05. The van der Waals surface area contributed by atoms with E-state index >= 15 is 0 Å². The molecule has 102 valence electrons. The summed E-state index contributed by atoms with van der Waals surface area (Å²) in [4.78, 5) is 36.8. The molecule has 0 fully saturated rings. The van der Waals surface area contributed by atoms with Gasteiger partial charge < -0.3 is 9.84 Å². The van der Waals surface area contributed by atoms with Gasteiger partial charge in [0.15, 0.2) is 0 Å². The average molecular weight is 258 g/mol. The molecule has 1 unspecified atom stereocenters. The molecule has 0 radical (unpaired) electrons. The molecule has 0 aromatic carbocycles. The van der Waals surface area contributed by atoms with E-state index in [-0.39, 0.29) is 13.0 Å². The third-order valence-electron chi connectivity index (χ3n) is 2.01. The minimum Gasteiger partial charge on any atom is -0.480 e. The van der Waals surface area contributed by atoms with Crippen LogP contribution in [0.3, 0.4) is 0 Å². The van der Waals surface area contributed by atoms with Crippen molar-refractivity contribution in [3.05, 3.63) is 0 Å². The van der Waals surface area contributed by atoms with Crippen LogP contribution in [-0.2, 0) is 14.3 Å². The van der Waals surface area contributed by atoms with E-state index in [9.17, 15) is 14.4 Å². The number of hydrogen-bond acceptors (Lipinski definition) is 5. The van der Waals surface area contributed by atoms with Gasteiger partial charge in [0, 0.05) is 7.05 Å². The summed E-state index contributed by atoms with van der Waals surface area (Å²) < 4.78 is 5.05. The van der Waals surface area contributed by atoms with Crippen molar-refractivity contribution < 1.29 is 24.2 Å². The van der Waals surface area contributed by atoms with Crippen LogP contribution in [0.4, 0.5) is 4.79 Å². The summed E-state index contributed by atoms with van der Waals surface area (Å²) in [7, 11) is 1.33. The van der Waals surface area contributed by atoms with E-state index in [0.717, 1.165) is 4.90 Å². The SMILES string of the molecule is CN(C(=O)OC(C)(C)C)C(CCN=C=O)C(=O)O. The van der Waals surface area contributed by atoms with Crippen LogP contribution >= 0.6 is 0 Å². The van der Waals surface area contributed by atoms with E-state index in [0.29, 0.717) is 0 Å². The molecule has 0 aromatic rings. The summed E-state index contributed by atoms with van der Waals surface area (Å²) in [6, 6.07) is -1.09. The highest BCUT2D eigenvalue weighted by Crippen LogP contribution is 2.12. The number of rotatable bonds is 5. The number of hydrogen-bond donors (Lipinski definition) is 1. The van der Waals surface area contributed by atoms with Crippen LogP contribution in [0.2, 0.25) is 0 Å². The molecule has 18 heavy (non-hydrogen) atoms. The number of carboxylic acid groups (broad SMARTS) is 1. The number of aliphatic imine (C=N–C) groups is 1. The summed E-state index contributed by atoms with van der Waals surface area (Å²) in [6.07, 6.45) is 0.612. The number of ether oxygens (including phenoxy) is 1. The molecule has 0 heterocycles. The normalized spacial score (nSPS) is 12.2. The van der Waals surface area contributed by atoms with Crippen molar-refractivity contribution in [2.45, 2.75) is 38.8 Å². The maximum Gasteiger partial charge on any atom is 0.410 e. The minimum atomic E-state index is -1.18. The second kappa shape index (κ2) is 6.76. The molecule has 0 spiro atoms. The number of nitrogens with zero attached hydrogens (tertiary/aromatic N) is 2. The lowest BCUT2D eigenvalue weighted by Gasteiger charge is -2.28. The number of carboxylic acids is 1. The van der Waals surface area contributed by atoms with Crippen LogP contribution in [0.5, 0.6) is 0 Å². The van der Waals surface area contributed by atoms with E-state index in [1.165, 1.54) is 13.1 Å². The molecule has 0 aromatic heterocycles. The van der Waals surface area contributed by atoms with Crippen LogP contribution in [0.25, 0.3) is 0 Å². The Morgan fingerprint density at radius 2 is 2.00 bits per heavy atom. The first-order valence-corrected chi connectivity index (χ1v) is 5.41. The molecule has 7 nitrogen and oxygen atoms in total. The van der Waals surface area contributed by atoms with E-state index in [1.807, 2.05) is 0 Å². The van der Waals surface area contributed by atoms with Crippen molar-refractivity contribution in [1.29, 1.82) is 0 Å². The Bertz CT molecular complexity index is 355. The third-order valence-corrected chi connectivity index (χ3v) is 2.01. The van der Waals surface area contributed by atoms with Gasteiger partial charge in [-0.05, 0) is 27.2 Å². The summed E-state index contributed by atoms with van der Waals surface area (Å²) >= 11 is 0. The van der Waals surface area contributed by atoms with Gasteiger partial charge in [0.05, 0.1) is 6.54 Å². The van der Waals surface area contributed by atoms with Crippen LogP contribution in [0, 0.1) is 0 Å². The number of likely N-dealkylation sites (N-methyl/N-ethyl adjacent to an activating group) is 1. The Morgan fingerprint density at radius 1 is 1.44 bits per heavy atom. The van der Waals surface area contributed by atoms with Crippen molar-refractivity contribution >= 4 is 18.1 Å². The van der Waals surface area contributed by atoms with Gasteiger partial charge in [-0.2, -0.15) is 0 Å². The van der Waals surface area contributed by atoms with E-state index in [4.69, 9.17) is 9.84 Å². The standard InChI is InChI=1S/C11H18N2O5/c1-11(2,3)18-10(17)13(4)8(9(15)16)5-6-12-7-14/h8H,5-6H2,1-4H3,(H,15,16). The molecule has 0 aliphatic carbocycles. The van der Waals surface area contributed by atoms with Crippen molar-refractivity contribution in [2.75, 3.05) is 13.6 Å². The molecular formula is C11H18N2O5. The lowest BCUT2D eigenvalue weighted by molar-refractivity contribution is -0.142. The molecule has 0 aliphatic rings. The van der Waals surface area contributed by atoms with Crippen LogP contribution < -0.4 is 0 Å². The second-order valence-electron chi connectivity index (χ2n) is 4.71. The van der Waals surface area contributed by atoms with Gasteiger partial charge in [0.2, 0.25) is 6.08 Å². The number of isocyanates is 1. The maximum atomic E-state index is 11.7. The maximum absolute atomic E-state index is 11.7. The van der Waals surface area contributed by atoms with Crippen molar-refractivity contribution in [2.24, 2.45) is 4.99 Å². The molecule has 0 aliphatic heterocycles. The molecule has 7 heteroatoms. The predicted octanol–water partition coefficient (Wildman–Crippen LogP) is 1.03. The smallest absolute Gasteiger partial charge is 0.410 e. The predicted molar refractivity (Wildman–Crippen MR) is 63.0 cm³/mol. The Kier molecular flexibility index (Phi) is 6.05. The number of aliphatic carboxylic acids is 1. The molecule has 1 amide bonds. The Morgan fingerprint density at radius 3 is 2.39 bits per heavy atom. The van der Waals surface area contributed by atoms with Crippen molar-refractivity contribution in [3.63, 3.8) is 0 Å². The van der Waals surface area contributed by atoms with Crippen molar-refractivity contribution in [3.8, 4) is 0 Å².